The monoisotopic (exact) mass is 526 g/mol. The van der Waals surface area contributed by atoms with Gasteiger partial charge in [-0.05, 0) is 46.4 Å². The van der Waals surface area contributed by atoms with Gasteiger partial charge in [-0.25, -0.2) is 19.9 Å². The molecule has 40 heavy (non-hydrogen) atoms. The molecule has 0 spiro atoms. The molecule has 6 heteroatoms. The van der Waals surface area contributed by atoms with Crippen LogP contribution in [0, 0.1) is 0 Å². The molecule has 0 bridgehead atoms. The van der Waals surface area contributed by atoms with Gasteiger partial charge in [-0.1, -0.05) is 77.9 Å². The Morgan fingerprint density at radius 2 is 1.27 bits per heavy atom. The average molecular weight is 527 g/mol. The van der Waals surface area contributed by atoms with Crippen LogP contribution in [-0.2, 0) is 10.8 Å². The van der Waals surface area contributed by atoms with Gasteiger partial charge in [0.2, 0.25) is 0 Å². The predicted molar refractivity (Wildman–Crippen MR) is 160 cm³/mol. The molecule has 6 nitrogen and oxygen atoms in total. The topological polar surface area (TPSA) is 77.8 Å². The van der Waals surface area contributed by atoms with E-state index in [1.54, 1.807) is 12.7 Å². The van der Waals surface area contributed by atoms with Crippen LogP contribution >= 0.6 is 0 Å². The summed E-state index contributed by atoms with van der Waals surface area (Å²) >= 11 is 0. The zero-order valence-corrected chi connectivity index (χ0v) is 23.5. The van der Waals surface area contributed by atoms with E-state index in [1.165, 1.54) is 5.56 Å². The van der Waals surface area contributed by atoms with Crippen LogP contribution in [0.15, 0.2) is 82.2 Å². The maximum Gasteiger partial charge on any atom is 0.180 e. The molecule has 0 fully saturated rings. The fourth-order valence-electron chi connectivity index (χ4n) is 5.59. The summed E-state index contributed by atoms with van der Waals surface area (Å²) in [6.45, 7) is 13.0. The van der Waals surface area contributed by atoms with E-state index >= 15 is 0 Å². The maximum absolute atomic E-state index is 6.40. The summed E-state index contributed by atoms with van der Waals surface area (Å²) in [5.74, 6) is 0. The van der Waals surface area contributed by atoms with Crippen LogP contribution in [0.3, 0.4) is 0 Å². The highest BCUT2D eigenvalue weighted by Crippen LogP contribution is 2.40. The minimum atomic E-state index is -0.153. The van der Waals surface area contributed by atoms with Crippen LogP contribution < -0.4 is 0 Å². The SMILES string of the molecule is CC(C)(C)c1ncnc2c1oc1ccc(-c3cccc(-c4ncnc5c4oc4cccc(C(C)(C)C)c45)c3)cc12. The molecule has 0 aliphatic carbocycles. The third kappa shape index (κ3) is 3.78. The largest absolute Gasteiger partial charge is 0.452 e. The van der Waals surface area contributed by atoms with Crippen molar-refractivity contribution < 1.29 is 8.83 Å². The third-order valence-electron chi connectivity index (χ3n) is 7.52. The van der Waals surface area contributed by atoms with E-state index in [2.05, 4.69) is 104 Å². The first kappa shape index (κ1) is 24.5. The van der Waals surface area contributed by atoms with Crippen LogP contribution in [0.5, 0.6) is 0 Å². The Morgan fingerprint density at radius 1 is 0.575 bits per heavy atom. The average Bonchev–Trinajstić information content (AvgIpc) is 3.49. The predicted octanol–water partition coefficient (Wildman–Crippen LogP) is 8.99. The maximum atomic E-state index is 6.40. The highest BCUT2D eigenvalue weighted by atomic mass is 16.3. The molecule has 0 aliphatic heterocycles. The molecule has 0 amide bonds. The minimum Gasteiger partial charge on any atom is -0.452 e. The van der Waals surface area contributed by atoms with E-state index in [9.17, 15) is 0 Å². The van der Waals surface area contributed by atoms with Gasteiger partial charge in [-0.15, -0.1) is 0 Å². The van der Waals surface area contributed by atoms with Crippen molar-refractivity contribution in [3.63, 3.8) is 0 Å². The fraction of sp³-hybridized carbons (Fsp3) is 0.235. The Labute approximate surface area is 232 Å². The molecule has 0 radical (unpaired) electrons. The van der Waals surface area contributed by atoms with Crippen molar-refractivity contribution in [1.82, 2.24) is 19.9 Å². The van der Waals surface area contributed by atoms with Gasteiger partial charge in [0.05, 0.1) is 11.1 Å². The van der Waals surface area contributed by atoms with Crippen LogP contribution in [0.1, 0.15) is 52.8 Å². The highest BCUT2D eigenvalue weighted by Gasteiger charge is 2.24. The van der Waals surface area contributed by atoms with Crippen molar-refractivity contribution in [2.45, 2.75) is 52.4 Å². The number of nitrogens with zero attached hydrogens (tertiary/aromatic N) is 4. The molecular formula is C34H30N4O2. The number of furan rings is 2. The summed E-state index contributed by atoms with van der Waals surface area (Å²) in [7, 11) is 0. The first-order valence-electron chi connectivity index (χ1n) is 13.5. The first-order chi connectivity index (χ1) is 19.1. The summed E-state index contributed by atoms with van der Waals surface area (Å²) < 4.78 is 12.7. The number of benzene rings is 3. The van der Waals surface area contributed by atoms with Crippen LogP contribution in [-0.4, -0.2) is 19.9 Å². The second kappa shape index (κ2) is 8.46. The Morgan fingerprint density at radius 3 is 2.08 bits per heavy atom. The highest BCUT2D eigenvalue weighted by molar-refractivity contribution is 6.08. The smallest absolute Gasteiger partial charge is 0.180 e. The molecule has 0 aliphatic rings. The summed E-state index contributed by atoms with van der Waals surface area (Å²) in [4.78, 5) is 18.5. The normalized spacial score (nSPS) is 12.8. The Hall–Kier alpha value is -4.58. The second-order valence-electron chi connectivity index (χ2n) is 12.5. The molecule has 3 aromatic carbocycles. The Bertz CT molecular complexity index is 2090. The molecule has 0 saturated heterocycles. The van der Waals surface area contributed by atoms with Crippen LogP contribution in [0.25, 0.3) is 66.5 Å². The molecule has 0 saturated carbocycles. The quantitative estimate of drug-likeness (QED) is 0.224. The zero-order valence-electron chi connectivity index (χ0n) is 23.5. The lowest BCUT2D eigenvalue weighted by Gasteiger charge is -2.19. The minimum absolute atomic E-state index is 0.0458. The third-order valence-corrected chi connectivity index (χ3v) is 7.52. The Balaban J connectivity index is 1.38. The van der Waals surface area contributed by atoms with Gasteiger partial charge in [0.15, 0.2) is 11.2 Å². The fourth-order valence-corrected chi connectivity index (χ4v) is 5.59. The van der Waals surface area contributed by atoms with E-state index in [-0.39, 0.29) is 10.8 Å². The number of hydrogen-bond donors (Lipinski definition) is 0. The number of hydrogen-bond acceptors (Lipinski definition) is 6. The van der Waals surface area contributed by atoms with E-state index in [1.807, 2.05) is 18.2 Å². The van der Waals surface area contributed by atoms with Crippen molar-refractivity contribution in [1.29, 1.82) is 0 Å². The van der Waals surface area contributed by atoms with Gasteiger partial charge < -0.3 is 8.83 Å². The van der Waals surface area contributed by atoms with Crippen molar-refractivity contribution in [3.05, 3.63) is 84.6 Å². The molecule has 4 aromatic heterocycles. The lowest BCUT2D eigenvalue weighted by Crippen LogP contribution is -2.13. The molecule has 0 N–H and O–H groups in total. The summed E-state index contributed by atoms with van der Waals surface area (Å²) in [6.07, 6.45) is 3.26. The van der Waals surface area contributed by atoms with Gasteiger partial charge in [0, 0.05) is 16.4 Å². The lowest BCUT2D eigenvalue weighted by molar-refractivity contribution is 0.551. The molecule has 0 atom stereocenters. The molecular weight excluding hydrogens is 496 g/mol. The molecule has 0 unspecified atom stereocenters. The Kier molecular flexibility index (Phi) is 5.17. The molecule has 4 heterocycles. The molecule has 198 valence electrons. The van der Waals surface area contributed by atoms with Gasteiger partial charge in [-0.2, -0.15) is 0 Å². The van der Waals surface area contributed by atoms with Gasteiger partial charge in [0.1, 0.15) is 40.5 Å². The summed E-state index contributed by atoms with van der Waals surface area (Å²) in [5, 5.41) is 2.03. The second-order valence-corrected chi connectivity index (χ2v) is 12.5. The summed E-state index contributed by atoms with van der Waals surface area (Å²) in [5.41, 5.74) is 10.6. The van der Waals surface area contributed by atoms with E-state index in [0.29, 0.717) is 5.58 Å². The van der Waals surface area contributed by atoms with Crippen molar-refractivity contribution in [2.24, 2.45) is 0 Å². The zero-order chi connectivity index (χ0) is 27.8. The van der Waals surface area contributed by atoms with Gasteiger partial charge in [0.25, 0.3) is 0 Å². The summed E-state index contributed by atoms with van der Waals surface area (Å²) in [6, 6.07) is 20.8. The van der Waals surface area contributed by atoms with Crippen molar-refractivity contribution in [2.75, 3.05) is 0 Å². The first-order valence-corrected chi connectivity index (χ1v) is 13.5. The number of rotatable bonds is 2. The number of aromatic nitrogens is 4. The van der Waals surface area contributed by atoms with Gasteiger partial charge in [-0.3, -0.25) is 0 Å². The van der Waals surface area contributed by atoms with Gasteiger partial charge >= 0.3 is 0 Å². The van der Waals surface area contributed by atoms with Crippen LogP contribution in [0.2, 0.25) is 0 Å². The molecule has 7 rings (SSSR count). The van der Waals surface area contributed by atoms with Crippen LogP contribution in [0.4, 0.5) is 0 Å². The van der Waals surface area contributed by atoms with E-state index in [0.717, 1.165) is 66.6 Å². The molecule has 7 aromatic rings. The lowest BCUT2D eigenvalue weighted by atomic mass is 9.84. The van der Waals surface area contributed by atoms with E-state index < -0.39 is 0 Å². The standard InChI is InChI=1S/C34H30N4O2/c1-33(2,3)23-11-8-12-25-26(23)29-30(40-25)27(35-17-37-29)21-10-7-9-19(15-21)20-13-14-24-22(16-20)28-31(39-24)32(34(4,5)6)38-18-36-28/h7-18H,1-6H3. The van der Waals surface area contributed by atoms with Crippen molar-refractivity contribution in [3.8, 4) is 22.4 Å². The van der Waals surface area contributed by atoms with Crippen molar-refractivity contribution >= 4 is 44.1 Å². The van der Waals surface area contributed by atoms with E-state index in [4.69, 9.17) is 8.83 Å². The number of fused-ring (bicyclic) bond motifs is 6.